The van der Waals surface area contributed by atoms with Crippen LogP contribution in [-0.2, 0) is 4.79 Å². The molecule has 1 N–H and O–H groups in total. The third-order valence-electron chi connectivity index (χ3n) is 5.98. The standard InChI is InChI=1S/C22H17Cl5F2N2O2/c1-31(14-8-21(28,29)9-14)20(33)15-7-13(2-3-16(15)25)30-19(32)18-17(22(18,26)27)10-4-11(23)6-12(24)5-10/h2-7,14,17-18H,8-9H2,1H3,(H,30,32)/t17-,18+/m0/s1. The third kappa shape index (κ3) is 4.92. The highest BCUT2D eigenvalue weighted by atomic mass is 35.5. The van der Waals surface area contributed by atoms with Crippen LogP contribution in [0.15, 0.2) is 36.4 Å². The summed E-state index contributed by atoms with van der Waals surface area (Å²) >= 11 is 31.0. The van der Waals surface area contributed by atoms with Crippen LogP contribution < -0.4 is 5.32 Å². The van der Waals surface area contributed by atoms with Gasteiger partial charge in [-0.15, -0.1) is 23.2 Å². The monoisotopic (exact) mass is 554 g/mol. The fraction of sp³-hybridized carbons (Fsp3) is 0.364. The fourth-order valence-electron chi connectivity index (χ4n) is 4.07. The highest BCUT2D eigenvalue weighted by Crippen LogP contribution is 2.65. The molecule has 11 heteroatoms. The molecule has 33 heavy (non-hydrogen) atoms. The van der Waals surface area contributed by atoms with Crippen LogP contribution in [0, 0.1) is 5.92 Å². The Balaban J connectivity index is 1.49. The maximum atomic E-state index is 13.2. The van der Waals surface area contributed by atoms with Gasteiger partial charge in [0, 0.05) is 47.6 Å². The number of amides is 2. The van der Waals surface area contributed by atoms with Gasteiger partial charge in [-0.25, -0.2) is 8.78 Å². The number of nitrogens with zero attached hydrogens (tertiary/aromatic N) is 1. The first-order valence-corrected chi connectivity index (χ1v) is 11.8. The summed E-state index contributed by atoms with van der Waals surface area (Å²) in [5.74, 6) is -5.06. The van der Waals surface area contributed by atoms with E-state index in [0.29, 0.717) is 21.3 Å². The highest BCUT2D eigenvalue weighted by molar-refractivity contribution is 6.53. The molecule has 0 unspecified atom stereocenters. The molecule has 2 saturated carbocycles. The summed E-state index contributed by atoms with van der Waals surface area (Å²) < 4.78 is 25.0. The molecule has 0 bridgehead atoms. The summed E-state index contributed by atoms with van der Waals surface area (Å²) in [5.41, 5.74) is 1.01. The average Bonchev–Trinajstić information content (AvgIpc) is 3.28. The number of carbonyl (C=O) groups excluding carboxylic acids is 2. The molecule has 4 rings (SSSR count). The van der Waals surface area contributed by atoms with Crippen LogP contribution in [0.2, 0.25) is 15.1 Å². The molecule has 4 nitrogen and oxygen atoms in total. The zero-order valence-corrected chi connectivity index (χ0v) is 20.8. The summed E-state index contributed by atoms with van der Waals surface area (Å²) in [4.78, 5) is 27.0. The quantitative estimate of drug-likeness (QED) is 0.402. The summed E-state index contributed by atoms with van der Waals surface area (Å²) in [6.07, 6.45) is -0.791. The van der Waals surface area contributed by atoms with Crippen molar-refractivity contribution in [3.63, 3.8) is 0 Å². The Morgan fingerprint density at radius 1 is 1.03 bits per heavy atom. The number of alkyl halides is 4. The van der Waals surface area contributed by atoms with E-state index < -0.39 is 52.8 Å². The number of hydrogen-bond donors (Lipinski definition) is 1. The second-order valence-electron chi connectivity index (χ2n) is 8.35. The molecular formula is C22H17Cl5F2N2O2. The van der Waals surface area contributed by atoms with Gasteiger partial charge in [0.2, 0.25) is 5.91 Å². The van der Waals surface area contributed by atoms with Gasteiger partial charge in [-0.3, -0.25) is 9.59 Å². The van der Waals surface area contributed by atoms with E-state index in [4.69, 9.17) is 58.0 Å². The van der Waals surface area contributed by atoms with Crippen LogP contribution in [-0.4, -0.2) is 40.1 Å². The number of anilines is 1. The van der Waals surface area contributed by atoms with Crippen LogP contribution >= 0.6 is 58.0 Å². The van der Waals surface area contributed by atoms with Crippen molar-refractivity contribution in [3.8, 4) is 0 Å². The molecular weight excluding hydrogens is 540 g/mol. The van der Waals surface area contributed by atoms with Gasteiger partial charge in [-0.1, -0.05) is 34.8 Å². The summed E-state index contributed by atoms with van der Waals surface area (Å²) in [7, 11) is 1.45. The van der Waals surface area contributed by atoms with Crippen molar-refractivity contribution in [1.82, 2.24) is 4.90 Å². The topological polar surface area (TPSA) is 49.4 Å². The van der Waals surface area contributed by atoms with Crippen molar-refractivity contribution in [1.29, 1.82) is 0 Å². The lowest BCUT2D eigenvalue weighted by atomic mass is 9.87. The molecule has 0 radical (unpaired) electrons. The minimum Gasteiger partial charge on any atom is -0.338 e. The van der Waals surface area contributed by atoms with Crippen molar-refractivity contribution in [2.45, 2.75) is 35.1 Å². The predicted molar refractivity (Wildman–Crippen MR) is 127 cm³/mol. The van der Waals surface area contributed by atoms with E-state index in [1.165, 1.54) is 30.1 Å². The van der Waals surface area contributed by atoms with Gasteiger partial charge in [0.25, 0.3) is 11.8 Å². The minimum absolute atomic E-state index is 0.0872. The maximum Gasteiger partial charge on any atom is 0.255 e. The highest BCUT2D eigenvalue weighted by Gasteiger charge is 2.67. The van der Waals surface area contributed by atoms with E-state index in [9.17, 15) is 18.4 Å². The van der Waals surface area contributed by atoms with E-state index in [0.717, 1.165) is 0 Å². The molecule has 2 aromatic rings. The smallest absolute Gasteiger partial charge is 0.255 e. The first kappa shape index (κ1) is 24.8. The Morgan fingerprint density at radius 3 is 2.21 bits per heavy atom. The van der Waals surface area contributed by atoms with E-state index in [2.05, 4.69) is 5.32 Å². The van der Waals surface area contributed by atoms with E-state index in [1.807, 2.05) is 0 Å². The second-order valence-corrected chi connectivity index (χ2v) is 11.1. The molecule has 0 aliphatic heterocycles. The van der Waals surface area contributed by atoms with Gasteiger partial charge in [0.15, 0.2) is 0 Å². The first-order chi connectivity index (χ1) is 15.3. The van der Waals surface area contributed by atoms with Gasteiger partial charge in [0.1, 0.15) is 4.33 Å². The Hall–Kier alpha value is -1.31. The summed E-state index contributed by atoms with van der Waals surface area (Å²) in [6, 6.07) is 8.63. The normalized spacial score (nSPS) is 22.9. The zero-order chi connectivity index (χ0) is 24.3. The lowest BCUT2D eigenvalue weighted by molar-refractivity contribution is -0.117. The third-order valence-corrected chi connectivity index (χ3v) is 7.69. The Kier molecular flexibility index (Phi) is 6.56. The van der Waals surface area contributed by atoms with Crippen molar-refractivity contribution in [3.05, 3.63) is 62.6 Å². The molecule has 0 heterocycles. The molecule has 0 aromatic heterocycles. The van der Waals surface area contributed by atoms with Gasteiger partial charge >= 0.3 is 0 Å². The van der Waals surface area contributed by atoms with Crippen molar-refractivity contribution < 1.29 is 18.4 Å². The second kappa shape index (κ2) is 8.72. The molecule has 2 aromatic carbocycles. The zero-order valence-electron chi connectivity index (χ0n) is 17.0. The molecule has 2 aliphatic rings. The van der Waals surface area contributed by atoms with Gasteiger partial charge < -0.3 is 10.2 Å². The average molecular weight is 557 g/mol. The molecule has 2 aliphatic carbocycles. The van der Waals surface area contributed by atoms with Crippen LogP contribution in [0.25, 0.3) is 0 Å². The Morgan fingerprint density at radius 2 is 1.64 bits per heavy atom. The van der Waals surface area contributed by atoms with E-state index >= 15 is 0 Å². The largest absolute Gasteiger partial charge is 0.338 e. The lowest BCUT2D eigenvalue weighted by Crippen LogP contribution is -2.51. The van der Waals surface area contributed by atoms with Gasteiger partial charge in [0.05, 0.1) is 16.5 Å². The SMILES string of the molecule is CN(C(=O)c1cc(NC(=O)[C@H]2[C@H](c3cc(Cl)cc(Cl)c3)C2(Cl)Cl)ccc1Cl)C1CC(F)(F)C1. The number of halogens is 7. The molecule has 0 spiro atoms. The number of hydrogen-bond acceptors (Lipinski definition) is 2. The van der Waals surface area contributed by atoms with Crippen molar-refractivity contribution >= 4 is 75.5 Å². The van der Waals surface area contributed by atoms with Gasteiger partial charge in [-0.2, -0.15) is 0 Å². The maximum absolute atomic E-state index is 13.2. The summed E-state index contributed by atoms with van der Waals surface area (Å²) in [6.45, 7) is 0. The first-order valence-electron chi connectivity index (χ1n) is 9.89. The molecule has 2 fully saturated rings. The Bertz CT molecular complexity index is 1120. The fourth-order valence-corrected chi connectivity index (χ4v) is 5.64. The number of benzene rings is 2. The van der Waals surface area contributed by atoms with Crippen molar-refractivity contribution in [2.75, 3.05) is 12.4 Å². The minimum atomic E-state index is -2.76. The van der Waals surface area contributed by atoms with Crippen LogP contribution in [0.4, 0.5) is 14.5 Å². The molecule has 2 amide bonds. The number of rotatable bonds is 5. The Labute approximate surface area is 214 Å². The number of carbonyl (C=O) groups is 2. The number of nitrogens with one attached hydrogen (secondary N) is 1. The van der Waals surface area contributed by atoms with Crippen LogP contribution in [0.1, 0.15) is 34.7 Å². The van der Waals surface area contributed by atoms with Crippen molar-refractivity contribution in [2.24, 2.45) is 5.92 Å². The van der Waals surface area contributed by atoms with Gasteiger partial charge in [-0.05, 0) is 42.0 Å². The van der Waals surface area contributed by atoms with Crippen LogP contribution in [0.5, 0.6) is 0 Å². The van der Waals surface area contributed by atoms with E-state index in [-0.39, 0.29) is 10.6 Å². The predicted octanol–water partition coefficient (Wildman–Crippen LogP) is 7.04. The summed E-state index contributed by atoms with van der Waals surface area (Å²) in [5, 5.41) is 3.62. The van der Waals surface area contributed by atoms with E-state index in [1.54, 1.807) is 18.2 Å². The molecule has 2 atom stereocenters. The van der Waals surface area contributed by atoms with Crippen LogP contribution in [0.3, 0.4) is 0 Å². The lowest BCUT2D eigenvalue weighted by Gasteiger charge is -2.40. The molecule has 176 valence electrons. The molecule has 0 saturated heterocycles.